The summed E-state index contributed by atoms with van der Waals surface area (Å²) in [6, 6.07) is 0. The molecular formula is C9H14N4. The molecule has 1 unspecified atom stereocenters. The van der Waals surface area contributed by atoms with Gasteiger partial charge >= 0.3 is 0 Å². The van der Waals surface area contributed by atoms with E-state index in [-0.39, 0.29) is 0 Å². The van der Waals surface area contributed by atoms with E-state index >= 15 is 0 Å². The van der Waals surface area contributed by atoms with E-state index in [0.29, 0.717) is 5.82 Å². The van der Waals surface area contributed by atoms with Crippen molar-refractivity contribution in [2.75, 3.05) is 23.7 Å². The van der Waals surface area contributed by atoms with Crippen LogP contribution < -0.4 is 10.6 Å². The van der Waals surface area contributed by atoms with Gasteiger partial charge in [0.25, 0.3) is 0 Å². The van der Waals surface area contributed by atoms with E-state index in [2.05, 4.69) is 21.8 Å². The van der Waals surface area contributed by atoms with Crippen LogP contribution in [0.2, 0.25) is 0 Å². The zero-order valence-corrected chi connectivity index (χ0v) is 7.77. The van der Waals surface area contributed by atoms with Crippen molar-refractivity contribution in [3.63, 3.8) is 0 Å². The summed E-state index contributed by atoms with van der Waals surface area (Å²) in [7, 11) is 0. The fourth-order valence-electron chi connectivity index (χ4n) is 1.64. The van der Waals surface area contributed by atoms with Gasteiger partial charge in [0, 0.05) is 13.1 Å². The second kappa shape index (κ2) is 3.20. The maximum absolute atomic E-state index is 5.46. The molecular weight excluding hydrogens is 164 g/mol. The molecule has 1 saturated heterocycles. The third kappa shape index (κ3) is 1.71. The predicted molar refractivity (Wildman–Crippen MR) is 52.4 cm³/mol. The first-order chi connectivity index (χ1) is 6.25. The molecule has 0 radical (unpaired) electrons. The molecule has 1 aromatic rings. The van der Waals surface area contributed by atoms with E-state index in [0.717, 1.165) is 24.8 Å². The van der Waals surface area contributed by atoms with E-state index in [1.807, 2.05) is 0 Å². The molecule has 0 aromatic carbocycles. The number of anilines is 2. The molecule has 1 aliphatic heterocycles. The second-order valence-electron chi connectivity index (χ2n) is 3.64. The van der Waals surface area contributed by atoms with Gasteiger partial charge in [-0.05, 0) is 12.3 Å². The third-order valence-electron chi connectivity index (χ3n) is 2.41. The Balaban J connectivity index is 2.13. The fraction of sp³-hybridized carbons (Fsp3) is 0.556. The van der Waals surface area contributed by atoms with Crippen LogP contribution in [0.4, 0.5) is 11.6 Å². The summed E-state index contributed by atoms with van der Waals surface area (Å²) in [5, 5.41) is 0. The Kier molecular flexibility index (Phi) is 2.04. The summed E-state index contributed by atoms with van der Waals surface area (Å²) in [6.07, 6.45) is 4.59. The molecule has 0 bridgehead atoms. The summed E-state index contributed by atoms with van der Waals surface area (Å²) >= 11 is 0. The van der Waals surface area contributed by atoms with Crippen LogP contribution in [0.15, 0.2) is 12.4 Å². The molecule has 1 aliphatic rings. The van der Waals surface area contributed by atoms with Crippen molar-refractivity contribution in [3.05, 3.63) is 12.4 Å². The largest absolute Gasteiger partial charge is 0.382 e. The maximum atomic E-state index is 5.46. The molecule has 0 spiro atoms. The SMILES string of the molecule is CC1CCN(c2cnc(N)cn2)C1. The summed E-state index contributed by atoms with van der Waals surface area (Å²) in [6.45, 7) is 4.42. The van der Waals surface area contributed by atoms with Crippen molar-refractivity contribution in [1.29, 1.82) is 0 Å². The topological polar surface area (TPSA) is 55.0 Å². The Morgan fingerprint density at radius 1 is 1.46 bits per heavy atom. The Labute approximate surface area is 77.8 Å². The summed E-state index contributed by atoms with van der Waals surface area (Å²) < 4.78 is 0. The van der Waals surface area contributed by atoms with Crippen molar-refractivity contribution < 1.29 is 0 Å². The van der Waals surface area contributed by atoms with E-state index < -0.39 is 0 Å². The monoisotopic (exact) mass is 178 g/mol. The lowest BCUT2D eigenvalue weighted by atomic mass is 10.2. The number of hydrogen-bond donors (Lipinski definition) is 1. The average molecular weight is 178 g/mol. The maximum Gasteiger partial charge on any atom is 0.147 e. The first kappa shape index (κ1) is 8.29. The minimum Gasteiger partial charge on any atom is -0.382 e. The molecule has 4 nitrogen and oxygen atoms in total. The summed E-state index contributed by atoms with van der Waals surface area (Å²) in [4.78, 5) is 10.5. The molecule has 1 fully saturated rings. The molecule has 13 heavy (non-hydrogen) atoms. The zero-order valence-electron chi connectivity index (χ0n) is 7.77. The van der Waals surface area contributed by atoms with Crippen LogP contribution in [0.5, 0.6) is 0 Å². The van der Waals surface area contributed by atoms with Crippen molar-refractivity contribution in [3.8, 4) is 0 Å². The van der Waals surface area contributed by atoms with E-state index in [1.165, 1.54) is 6.42 Å². The minimum atomic E-state index is 0.482. The molecule has 0 saturated carbocycles. The molecule has 2 heterocycles. The molecule has 1 aromatic heterocycles. The van der Waals surface area contributed by atoms with Crippen LogP contribution in [-0.2, 0) is 0 Å². The molecule has 2 N–H and O–H groups in total. The number of nitrogens with zero attached hydrogens (tertiary/aromatic N) is 3. The molecule has 2 rings (SSSR count). The van der Waals surface area contributed by atoms with Crippen molar-refractivity contribution in [1.82, 2.24) is 9.97 Å². The zero-order chi connectivity index (χ0) is 9.26. The van der Waals surface area contributed by atoms with E-state index in [4.69, 9.17) is 5.73 Å². The molecule has 0 aliphatic carbocycles. The molecule has 1 atom stereocenters. The third-order valence-corrected chi connectivity index (χ3v) is 2.41. The highest BCUT2D eigenvalue weighted by molar-refractivity contribution is 5.40. The Morgan fingerprint density at radius 2 is 2.31 bits per heavy atom. The number of hydrogen-bond acceptors (Lipinski definition) is 4. The van der Waals surface area contributed by atoms with Crippen LogP contribution in [0.3, 0.4) is 0 Å². The lowest BCUT2D eigenvalue weighted by molar-refractivity contribution is 0.659. The highest BCUT2D eigenvalue weighted by atomic mass is 15.2. The van der Waals surface area contributed by atoms with Crippen LogP contribution in [-0.4, -0.2) is 23.1 Å². The molecule has 4 heteroatoms. The Bertz CT molecular complexity index is 282. The lowest BCUT2D eigenvalue weighted by Gasteiger charge is -2.15. The van der Waals surface area contributed by atoms with Crippen LogP contribution in [0, 0.1) is 5.92 Å². The molecule has 70 valence electrons. The summed E-state index contributed by atoms with van der Waals surface area (Å²) in [5.41, 5.74) is 5.46. The number of rotatable bonds is 1. The number of nitrogens with two attached hydrogens (primary N) is 1. The second-order valence-corrected chi connectivity index (χ2v) is 3.64. The van der Waals surface area contributed by atoms with Crippen molar-refractivity contribution >= 4 is 11.6 Å². The minimum absolute atomic E-state index is 0.482. The number of nitrogen functional groups attached to an aromatic ring is 1. The first-order valence-corrected chi connectivity index (χ1v) is 4.58. The Hall–Kier alpha value is -1.32. The van der Waals surface area contributed by atoms with E-state index in [1.54, 1.807) is 12.4 Å². The van der Waals surface area contributed by atoms with E-state index in [9.17, 15) is 0 Å². The highest BCUT2D eigenvalue weighted by Gasteiger charge is 2.19. The van der Waals surface area contributed by atoms with Gasteiger partial charge in [0.15, 0.2) is 0 Å². The number of aromatic nitrogens is 2. The smallest absolute Gasteiger partial charge is 0.147 e. The Morgan fingerprint density at radius 3 is 2.85 bits per heavy atom. The first-order valence-electron chi connectivity index (χ1n) is 4.58. The van der Waals surface area contributed by atoms with Gasteiger partial charge in [0.05, 0.1) is 12.4 Å². The van der Waals surface area contributed by atoms with Gasteiger partial charge < -0.3 is 10.6 Å². The van der Waals surface area contributed by atoms with Gasteiger partial charge in [-0.25, -0.2) is 9.97 Å². The van der Waals surface area contributed by atoms with Gasteiger partial charge in [-0.1, -0.05) is 6.92 Å². The predicted octanol–water partition coefficient (Wildman–Crippen LogP) is 0.905. The normalized spacial score (nSPS) is 22.2. The fourth-order valence-corrected chi connectivity index (χ4v) is 1.64. The van der Waals surface area contributed by atoms with Crippen molar-refractivity contribution in [2.24, 2.45) is 5.92 Å². The van der Waals surface area contributed by atoms with Gasteiger partial charge in [-0.15, -0.1) is 0 Å². The molecule has 0 amide bonds. The van der Waals surface area contributed by atoms with Crippen LogP contribution >= 0.6 is 0 Å². The van der Waals surface area contributed by atoms with Crippen LogP contribution in [0.25, 0.3) is 0 Å². The summed E-state index contributed by atoms with van der Waals surface area (Å²) in [5.74, 6) is 2.19. The lowest BCUT2D eigenvalue weighted by Crippen LogP contribution is -2.20. The van der Waals surface area contributed by atoms with Gasteiger partial charge in [0.2, 0.25) is 0 Å². The standard InChI is InChI=1S/C9H14N4/c1-7-2-3-13(6-7)9-5-11-8(10)4-12-9/h4-5,7H,2-3,6H2,1H3,(H2,10,11). The highest BCUT2D eigenvalue weighted by Crippen LogP contribution is 2.20. The van der Waals surface area contributed by atoms with Gasteiger partial charge in [0.1, 0.15) is 11.6 Å². The van der Waals surface area contributed by atoms with Gasteiger partial charge in [-0.2, -0.15) is 0 Å². The van der Waals surface area contributed by atoms with Crippen LogP contribution in [0.1, 0.15) is 13.3 Å². The quantitative estimate of drug-likeness (QED) is 0.694. The average Bonchev–Trinajstić information content (AvgIpc) is 2.53. The van der Waals surface area contributed by atoms with Gasteiger partial charge in [-0.3, -0.25) is 0 Å². The van der Waals surface area contributed by atoms with Crippen molar-refractivity contribution in [2.45, 2.75) is 13.3 Å².